The van der Waals surface area contributed by atoms with Crippen LogP contribution in [0.25, 0.3) is 0 Å². The monoisotopic (exact) mass is 253 g/mol. The van der Waals surface area contributed by atoms with E-state index < -0.39 is 0 Å². The number of likely N-dealkylation sites (N-methyl/N-ethyl adjacent to an activating group) is 1. The van der Waals surface area contributed by atoms with Crippen LogP contribution in [0.1, 0.15) is 32.1 Å². The molecule has 5 heteroatoms. The van der Waals surface area contributed by atoms with Crippen molar-refractivity contribution in [3.63, 3.8) is 0 Å². The predicted octanol–water partition coefficient (Wildman–Crippen LogP) is 0.209. The number of hydrogen-bond acceptors (Lipinski definition) is 3. The van der Waals surface area contributed by atoms with Crippen LogP contribution in [0.2, 0.25) is 0 Å². The highest BCUT2D eigenvalue weighted by molar-refractivity contribution is 5.86. The molecule has 1 atom stereocenters. The molecule has 2 rings (SSSR count). The minimum absolute atomic E-state index is 0.116. The van der Waals surface area contributed by atoms with Crippen LogP contribution in [0.5, 0.6) is 0 Å². The third-order valence-corrected chi connectivity index (χ3v) is 3.88. The van der Waals surface area contributed by atoms with Crippen LogP contribution in [0.3, 0.4) is 0 Å². The maximum Gasteiger partial charge on any atom is 0.242 e. The van der Waals surface area contributed by atoms with Crippen molar-refractivity contribution in [3.05, 3.63) is 0 Å². The van der Waals surface area contributed by atoms with Gasteiger partial charge in [-0.25, -0.2) is 0 Å². The van der Waals surface area contributed by atoms with Crippen LogP contribution < -0.4 is 5.32 Å². The maximum atomic E-state index is 12.3. The summed E-state index contributed by atoms with van der Waals surface area (Å²) >= 11 is 0. The first-order valence-corrected chi connectivity index (χ1v) is 6.94. The number of piperidine rings is 1. The number of likely N-dealkylation sites (tertiary alicyclic amines) is 2. The van der Waals surface area contributed by atoms with Crippen LogP contribution >= 0.6 is 0 Å². The first-order valence-electron chi connectivity index (χ1n) is 6.94. The highest BCUT2D eigenvalue weighted by atomic mass is 16.2. The Kier molecular flexibility index (Phi) is 4.58. The van der Waals surface area contributed by atoms with Gasteiger partial charge in [0.2, 0.25) is 11.8 Å². The zero-order valence-corrected chi connectivity index (χ0v) is 11.2. The zero-order valence-electron chi connectivity index (χ0n) is 11.2. The molecule has 102 valence electrons. The van der Waals surface area contributed by atoms with E-state index in [0.29, 0.717) is 12.5 Å². The number of carbonyl (C=O) groups excluding carboxylic acids is 2. The molecule has 2 fully saturated rings. The summed E-state index contributed by atoms with van der Waals surface area (Å²) in [6, 6.07) is 0.300. The van der Waals surface area contributed by atoms with E-state index in [4.69, 9.17) is 0 Å². The van der Waals surface area contributed by atoms with Crippen LogP contribution in [0.4, 0.5) is 0 Å². The third-order valence-electron chi connectivity index (χ3n) is 3.88. The third kappa shape index (κ3) is 3.02. The predicted molar refractivity (Wildman–Crippen MR) is 69.1 cm³/mol. The van der Waals surface area contributed by atoms with Crippen molar-refractivity contribution in [1.82, 2.24) is 15.1 Å². The van der Waals surface area contributed by atoms with E-state index in [-0.39, 0.29) is 18.4 Å². The molecule has 0 aliphatic carbocycles. The highest BCUT2D eigenvalue weighted by Gasteiger charge is 2.29. The lowest BCUT2D eigenvalue weighted by Gasteiger charge is -2.36. The Bertz CT molecular complexity index is 317. The summed E-state index contributed by atoms with van der Waals surface area (Å²) in [5.41, 5.74) is 0. The number of carbonyl (C=O) groups is 2. The second kappa shape index (κ2) is 6.18. The fourth-order valence-electron chi connectivity index (χ4n) is 2.90. The molecule has 2 heterocycles. The van der Waals surface area contributed by atoms with Gasteiger partial charge in [-0.2, -0.15) is 0 Å². The summed E-state index contributed by atoms with van der Waals surface area (Å²) in [5, 5.41) is 3.15. The van der Waals surface area contributed by atoms with Gasteiger partial charge in [0.05, 0.1) is 6.54 Å². The van der Waals surface area contributed by atoms with Crippen molar-refractivity contribution in [2.45, 2.75) is 38.1 Å². The van der Waals surface area contributed by atoms with E-state index in [2.05, 4.69) is 5.32 Å². The van der Waals surface area contributed by atoms with Crippen molar-refractivity contribution in [1.29, 1.82) is 0 Å². The van der Waals surface area contributed by atoms with Crippen LogP contribution in [-0.2, 0) is 9.59 Å². The maximum absolute atomic E-state index is 12.3. The number of amides is 2. The fourth-order valence-corrected chi connectivity index (χ4v) is 2.90. The van der Waals surface area contributed by atoms with Gasteiger partial charge in [-0.3, -0.25) is 9.59 Å². The van der Waals surface area contributed by atoms with Crippen molar-refractivity contribution in [3.8, 4) is 0 Å². The minimum atomic E-state index is 0.116. The van der Waals surface area contributed by atoms with E-state index in [1.54, 1.807) is 4.90 Å². The molecule has 18 heavy (non-hydrogen) atoms. The normalized spacial score (nSPS) is 24.7. The first kappa shape index (κ1) is 13.3. The van der Waals surface area contributed by atoms with Crippen LogP contribution in [0.15, 0.2) is 0 Å². The molecule has 5 nitrogen and oxygen atoms in total. The summed E-state index contributed by atoms with van der Waals surface area (Å²) in [6.07, 6.45) is 4.85. The first-order chi connectivity index (χ1) is 8.72. The van der Waals surface area contributed by atoms with Gasteiger partial charge >= 0.3 is 0 Å². The molecule has 0 bridgehead atoms. The molecule has 2 amide bonds. The lowest BCUT2D eigenvalue weighted by atomic mass is 10.0. The molecular weight excluding hydrogens is 230 g/mol. The van der Waals surface area contributed by atoms with Crippen molar-refractivity contribution >= 4 is 11.8 Å². The van der Waals surface area contributed by atoms with E-state index in [0.717, 1.165) is 38.9 Å². The average Bonchev–Trinajstić information content (AvgIpc) is 2.76. The van der Waals surface area contributed by atoms with E-state index >= 15 is 0 Å². The lowest BCUT2D eigenvalue weighted by molar-refractivity contribution is -0.140. The second-order valence-electron chi connectivity index (χ2n) is 5.21. The molecule has 0 spiro atoms. The molecule has 1 unspecified atom stereocenters. The summed E-state index contributed by atoms with van der Waals surface area (Å²) < 4.78 is 0. The smallest absolute Gasteiger partial charge is 0.242 e. The van der Waals surface area contributed by atoms with Gasteiger partial charge in [0.15, 0.2) is 0 Å². The SMILES string of the molecule is CNCC1CCCCN1C(=O)CN1CCCC1=O. The molecule has 0 radical (unpaired) electrons. The van der Waals surface area contributed by atoms with Crippen LogP contribution in [0, 0.1) is 0 Å². The van der Waals surface area contributed by atoms with Gasteiger partial charge in [0.1, 0.15) is 0 Å². The van der Waals surface area contributed by atoms with Gasteiger partial charge in [0, 0.05) is 32.1 Å². The van der Waals surface area contributed by atoms with Gasteiger partial charge in [-0.15, -0.1) is 0 Å². The second-order valence-corrected chi connectivity index (χ2v) is 5.21. The average molecular weight is 253 g/mol. The van der Waals surface area contributed by atoms with E-state index in [1.807, 2.05) is 11.9 Å². The molecule has 0 aromatic rings. The largest absolute Gasteiger partial charge is 0.337 e. The lowest BCUT2D eigenvalue weighted by Crippen LogP contribution is -2.51. The molecule has 2 aliphatic rings. The Balaban J connectivity index is 1.91. The molecule has 2 aliphatic heterocycles. The Morgan fingerprint density at radius 3 is 2.83 bits per heavy atom. The van der Waals surface area contributed by atoms with Crippen LogP contribution in [-0.4, -0.2) is 60.9 Å². The summed E-state index contributed by atoms with van der Waals surface area (Å²) in [4.78, 5) is 27.5. The topological polar surface area (TPSA) is 52.7 Å². The molecular formula is C13H23N3O2. The molecule has 0 saturated carbocycles. The van der Waals surface area contributed by atoms with Gasteiger partial charge in [-0.05, 0) is 32.7 Å². The highest BCUT2D eigenvalue weighted by Crippen LogP contribution is 2.18. The molecule has 1 N–H and O–H groups in total. The Labute approximate surface area is 108 Å². The van der Waals surface area contributed by atoms with E-state index in [9.17, 15) is 9.59 Å². The minimum Gasteiger partial charge on any atom is -0.337 e. The molecule has 0 aromatic heterocycles. The van der Waals surface area contributed by atoms with Crippen molar-refractivity contribution in [2.24, 2.45) is 0 Å². The standard InChI is InChI=1S/C13H23N3O2/c1-14-9-11-5-2-3-8-16(11)13(18)10-15-7-4-6-12(15)17/h11,14H,2-10H2,1H3. The van der Waals surface area contributed by atoms with Gasteiger partial charge in [0.25, 0.3) is 0 Å². The number of rotatable bonds is 4. The van der Waals surface area contributed by atoms with Crippen molar-refractivity contribution < 1.29 is 9.59 Å². The number of nitrogens with zero attached hydrogens (tertiary/aromatic N) is 2. The molecule has 0 aromatic carbocycles. The van der Waals surface area contributed by atoms with E-state index in [1.165, 1.54) is 6.42 Å². The number of nitrogens with one attached hydrogen (secondary N) is 1. The zero-order chi connectivity index (χ0) is 13.0. The molecule has 2 saturated heterocycles. The fraction of sp³-hybridized carbons (Fsp3) is 0.846. The summed E-state index contributed by atoms with van der Waals surface area (Å²) in [5.74, 6) is 0.246. The van der Waals surface area contributed by atoms with Crippen molar-refractivity contribution in [2.75, 3.05) is 33.2 Å². The summed E-state index contributed by atoms with van der Waals surface area (Å²) in [6.45, 7) is 2.71. The quantitative estimate of drug-likeness (QED) is 0.779. The Morgan fingerprint density at radius 2 is 2.17 bits per heavy atom. The van der Waals surface area contributed by atoms with Gasteiger partial charge < -0.3 is 15.1 Å². The summed E-state index contributed by atoms with van der Waals surface area (Å²) in [7, 11) is 1.92. The number of hydrogen-bond donors (Lipinski definition) is 1. The van der Waals surface area contributed by atoms with Gasteiger partial charge in [-0.1, -0.05) is 0 Å². The Hall–Kier alpha value is -1.10. The Morgan fingerprint density at radius 1 is 1.33 bits per heavy atom.